The maximum atomic E-state index is 11.0. The molecule has 0 radical (unpaired) electrons. The van der Waals surface area contributed by atoms with Crippen molar-refractivity contribution in [1.29, 1.82) is 0 Å². The van der Waals surface area contributed by atoms with Crippen LogP contribution in [0.2, 0.25) is 0 Å². The Balaban J connectivity index is 2.41. The van der Waals surface area contributed by atoms with E-state index < -0.39 is 4.92 Å². The molecule has 20 heavy (non-hydrogen) atoms. The second-order valence-corrected chi connectivity index (χ2v) is 4.56. The van der Waals surface area contributed by atoms with E-state index in [9.17, 15) is 10.1 Å². The Morgan fingerprint density at radius 2 is 2.05 bits per heavy atom. The highest BCUT2D eigenvalue weighted by molar-refractivity contribution is 9.08. The minimum absolute atomic E-state index is 0.0118. The fraction of sp³-hybridized carbons (Fsp3) is 0.538. The minimum Gasteiger partial charge on any atom is -0.487 e. The van der Waals surface area contributed by atoms with E-state index in [1.165, 1.54) is 6.07 Å². The summed E-state index contributed by atoms with van der Waals surface area (Å²) in [5.41, 5.74) is 0.828. The van der Waals surface area contributed by atoms with Crippen LogP contribution in [0.15, 0.2) is 18.2 Å². The number of nitro groups is 1. The Morgan fingerprint density at radius 3 is 2.70 bits per heavy atom. The monoisotopic (exact) mass is 347 g/mol. The Morgan fingerprint density at radius 1 is 1.25 bits per heavy atom. The lowest BCUT2D eigenvalue weighted by Gasteiger charge is -2.08. The topological polar surface area (TPSA) is 70.8 Å². The minimum atomic E-state index is -0.434. The van der Waals surface area contributed by atoms with Crippen molar-refractivity contribution in [2.45, 2.75) is 11.8 Å². The second kappa shape index (κ2) is 9.68. The van der Waals surface area contributed by atoms with E-state index in [1.54, 1.807) is 19.2 Å². The Kier molecular flexibility index (Phi) is 8.17. The van der Waals surface area contributed by atoms with Crippen LogP contribution in [0.1, 0.15) is 12.0 Å². The lowest BCUT2D eigenvalue weighted by molar-refractivity contribution is -0.385. The van der Waals surface area contributed by atoms with Crippen molar-refractivity contribution in [2.75, 3.05) is 33.5 Å². The van der Waals surface area contributed by atoms with Crippen LogP contribution in [0.4, 0.5) is 5.69 Å². The molecule has 0 amide bonds. The number of rotatable bonds is 10. The van der Waals surface area contributed by atoms with Crippen LogP contribution in [0, 0.1) is 10.1 Å². The van der Waals surface area contributed by atoms with Gasteiger partial charge in [0.15, 0.2) is 5.75 Å². The second-order valence-electron chi connectivity index (χ2n) is 4.00. The van der Waals surface area contributed by atoms with Crippen molar-refractivity contribution in [2.24, 2.45) is 0 Å². The molecule has 7 heteroatoms. The molecule has 0 atom stereocenters. The van der Waals surface area contributed by atoms with Gasteiger partial charge in [-0.15, -0.1) is 0 Å². The van der Waals surface area contributed by atoms with Crippen LogP contribution in [0.3, 0.4) is 0 Å². The Hall–Kier alpha value is -1.18. The highest BCUT2D eigenvalue weighted by Crippen LogP contribution is 2.28. The van der Waals surface area contributed by atoms with E-state index in [4.69, 9.17) is 14.2 Å². The van der Waals surface area contributed by atoms with Crippen molar-refractivity contribution in [3.63, 3.8) is 0 Å². The summed E-state index contributed by atoms with van der Waals surface area (Å²) < 4.78 is 15.6. The summed E-state index contributed by atoms with van der Waals surface area (Å²) in [4.78, 5) is 10.5. The highest BCUT2D eigenvalue weighted by Gasteiger charge is 2.15. The van der Waals surface area contributed by atoms with Gasteiger partial charge in [-0.05, 0) is 11.6 Å². The van der Waals surface area contributed by atoms with E-state index >= 15 is 0 Å². The number of methoxy groups -OCH3 is 1. The molecule has 0 bridgehead atoms. The number of halogens is 1. The maximum Gasteiger partial charge on any atom is 0.311 e. The van der Waals surface area contributed by atoms with Crippen molar-refractivity contribution >= 4 is 21.6 Å². The van der Waals surface area contributed by atoms with Gasteiger partial charge in [-0.3, -0.25) is 10.1 Å². The summed E-state index contributed by atoms with van der Waals surface area (Å²) in [7, 11) is 1.61. The third kappa shape index (κ3) is 5.85. The molecule has 0 saturated heterocycles. The summed E-state index contributed by atoms with van der Waals surface area (Å²) in [6.07, 6.45) is 0.668. The van der Waals surface area contributed by atoms with Gasteiger partial charge < -0.3 is 14.2 Å². The van der Waals surface area contributed by atoms with Crippen LogP contribution >= 0.6 is 15.9 Å². The molecule has 0 unspecified atom stereocenters. The van der Waals surface area contributed by atoms with E-state index in [-0.39, 0.29) is 11.4 Å². The van der Waals surface area contributed by atoms with Crippen LogP contribution in [-0.2, 0) is 14.8 Å². The maximum absolute atomic E-state index is 11.0. The van der Waals surface area contributed by atoms with Crippen LogP contribution in [-0.4, -0.2) is 38.5 Å². The zero-order chi connectivity index (χ0) is 14.8. The molecule has 112 valence electrons. The van der Waals surface area contributed by atoms with E-state index in [0.717, 1.165) is 5.56 Å². The summed E-state index contributed by atoms with van der Waals surface area (Å²) in [5.74, 6) is 0.289. The Labute approximate surface area is 126 Å². The fourth-order valence-corrected chi connectivity index (χ4v) is 1.85. The summed E-state index contributed by atoms with van der Waals surface area (Å²) >= 11 is 3.27. The number of hydrogen-bond donors (Lipinski definition) is 0. The predicted molar refractivity (Wildman–Crippen MR) is 78.5 cm³/mol. The van der Waals surface area contributed by atoms with E-state index in [2.05, 4.69) is 15.9 Å². The molecule has 0 aromatic heterocycles. The summed E-state index contributed by atoms with van der Waals surface area (Å²) in [5, 5.41) is 11.5. The molecule has 1 rings (SSSR count). The predicted octanol–water partition coefficient (Wildman–Crippen LogP) is 2.92. The lowest BCUT2D eigenvalue weighted by Crippen LogP contribution is -2.07. The molecular formula is C13H18BrNO5. The quantitative estimate of drug-likeness (QED) is 0.281. The average Bonchev–Trinajstić information content (AvgIpc) is 2.46. The van der Waals surface area contributed by atoms with Gasteiger partial charge in [-0.2, -0.15) is 0 Å². The normalized spacial score (nSPS) is 10.5. The molecule has 1 aromatic carbocycles. The fourth-order valence-electron chi connectivity index (χ4n) is 1.50. The molecule has 0 aliphatic heterocycles. The van der Waals surface area contributed by atoms with Crippen molar-refractivity contribution in [1.82, 2.24) is 0 Å². The summed E-state index contributed by atoms with van der Waals surface area (Å²) in [6, 6.07) is 4.94. The number of hydrogen-bond acceptors (Lipinski definition) is 5. The van der Waals surface area contributed by atoms with Gasteiger partial charge >= 0.3 is 5.69 Å². The first-order valence-corrected chi connectivity index (χ1v) is 7.34. The molecule has 0 aliphatic rings. The number of alkyl halides is 1. The van der Waals surface area contributed by atoms with Gasteiger partial charge in [-0.1, -0.05) is 22.0 Å². The summed E-state index contributed by atoms with van der Waals surface area (Å²) in [6.45, 7) is 2.01. The third-order valence-corrected chi connectivity index (χ3v) is 3.14. The lowest BCUT2D eigenvalue weighted by atomic mass is 10.2. The molecule has 0 saturated carbocycles. The van der Waals surface area contributed by atoms with Crippen LogP contribution in [0.5, 0.6) is 5.75 Å². The van der Waals surface area contributed by atoms with Crippen LogP contribution < -0.4 is 4.74 Å². The Bertz CT molecular complexity index is 427. The van der Waals surface area contributed by atoms with Gasteiger partial charge in [-0.25, -0.2) is 0 Å². The molecule has 0 heterocycles. The number of nitrogens with zero attached hydrogens (tertiary/aromatic N) is 1. The van der Waals surface area contributed by atoms with Gasteiger partial charge in [0.2, 0.25) is 0 Å². The van der Waals surface area contributed by atoms with Crippen LogP contribution in [0.25, 0.3) is 0 Å². The smallest absolute Gasteiger partial charge is 0.311 e. The average molecular weight is 348 g/mol. The van der Waals surface area contributed by atoms with Gasteiger partial charge in [0.25, 0.3) is 0 Å². The highest BCUT2D eigenvalue weighted by atomic mass is 79.9. The number of nitro benzene ring substituents is 1. The largest absolute Gasteiger partial charge is 0.487 e. The number of ether oxygens (including phenoxy) is 3. The zero-order valence-corrected chi connectivity index (χ0v) is 12.9. The SMILES string of the molecule is COCCOCCCOc1ccc(CBr)cc1[N+](=O)[O-]. The molecular weight excluding hydrogens is 330 g/mol. The first-order valence-electron chi connectivity index (χ1n) is 6.21. The van der Waals surface area contributed by atoms with Gasteiger partial charge in [0.05, 0.1) is 24.7 Å². The van der Waals surface area contributed by atoms with Gasteiger partial charge in [0, 0.05) is 31.5 Å². The first kappa shape index (κ1) is 16.9. The van der Waals surface area contributed by atoms with Crippen molar-refractivity contribution in [3.8, 4) is 5.75 Å². The number of benzene rings is 1. The zero-order valence-electron chi connectivity index (χ0n) is 11.3. The van der Waals surface area contributed by atoms with Crippen molar-refractivity contribution < 1.29 is 19.1 Å². The molecule has 1 aromatic rings. The molecule has 0 spiro atoms. The van der Waals surface area contributed by atoms with E-state index in [1.807, 2.05) is 0 Å². The standard InChI is InChI=1S/C13H18BrNO5/c1-18-7-8-19-5-2-6-20-13-4-3-11(10-14)9-12(13)15(16)17/h3-4,9H,2,5-8,10H2,1H3. The molecule has 0 aliphatic carbocycles. The first-order chi connectivity index (χ1) is 9.69. The third-order valence-electron chi connectivity index (χ3n) is 2.50. The molecule has 0 N–H and O–H groups in total. The van der Waals surface area contributed by atoms with Crippen molar-refractivity contribution in [3.05, 3.63) is 33.9 Å². The molecule has 0 fully saturated rings. The van der Waals surface area contributed by atoms with Gasteiger partial charge in [0.1, 0.15) is 0 Å². The van der Waals surface area contributed by atoms with E-state index in [0.29, 0.717) is 38.2 Å². The molecule has 6 nitrogen and oxygen atoms in total.